The van der Waals surface area contributed by atoms with Crippen LogP contribution in [0.4, 0.5) is 0 Å². The average Bonchev–Trinajstić information content (AvgIpc) is 3.65. The average molecular weight is 602 g/mol. The molecule has 0 aliphatic heterocycles. The SMILES string of the molecule is Cn1c(-c2ccc(-c3ccc4c(c3-c3ccccn3)-c3ccccc3C4(c3ccccc3)c3ccccc3)cc2)nc2ccccc21. The van der Waals surface area contributed by atoms with E-state index in [0.717, 1.165) is 44.8 Å². The van der Waals surface area contributed by atoms with Gasteiger partial charge in [0.1, 0.15) is 5.82 Å². The fourth-order valence-electron chi connectivity index (χ4n) is 7.75. The minimum Gasteiger partial charge on any atom is -0.327 e. The fourth-order valence-corrected chi connectivity index (χ4v) is 7.75. The number of nitrogens with zero attached hydrogens (tertiary/aromatic N) is 3. The summed E-state index contributed by atoms with van der Waals surface area (Å²) in [6, 6.07) is 58.8. The minimum atomic E-state index is -0.472. The molecule has 0 amide bonds. The zero-order chi connectivity index (χ0) is 31.4. The van der Waals surface area contributed by atoms with Gasteiger partial charge in [-0.1, -0.05) is 140 Å². The smallest absolute Gasteiger partial charge is 0.140 e. The molecule has 0 fully saturated rings. The van der Waals surface area contributed by atoms with E-state index in [4.69, 9.17) is 9.97 Å². The van der Waals surface area contributed by atoms with Crippen molar-refractivity contribution >= 4 is 11.0 Å². The molecule has 0 radical (unpaired) electrons. The molecule has 0 bridgehead atoms. The fraction of sp³-hybridized carbons (Fsp3) is 0.0455. The molecule has 47 heavy (non-hydrogen) atoms. The van der Waals surface area contributed by atoms with Gasteiger partial charge in [-0.15, -0.1) is 0 Å². The highest BCUT2D eigenvalue weighted by Gasteiger charge is 2.47. The third kappa shape index (κ3) is 4.06. The van der Waals surface area contributed by atoms with Crippen LogP contribution in [0.3, 0.4) is 0 Å². The molecule has 6 aromatic carbocycles. The molecular weight excluding hydrogens is 571 g/mol. The van der Waals surface area contributed by atoms with Gasteiger partial charge in [0.25, 0.3) is 0 Å². The first-order chi connectivity index (χ1) is 23.2. The Balaban J connectivity index is 1.31. The van der Waals surface area contributed by atoms with E-state index in [1.165, 1.54) is 33.4 Å². The molecule has 9 rings (SSSR count). The summed E-state index contributed by atoms with van der Waals surface area (Å²) in [4.78, 5) is 9.92. The van der Waals surface area contributed by atoms with Gasteiger partial charge in [0.15, 0.2) is 0 Å². The topological polar surface area (TPSA) is 30.7 Å². The normalized spacial score (nSPS) is 13.0. The van der Waals surface area contributed by atoms with Crippen molar-refractivity contribution in [2.45, 2.75) is 5.41 Å². The van der Waals surface area contributed by atoms with Gasteiger partial charge in [0, 0.05) is 24.4 Å². The van der Waals surface area contributed by atoms with Gasteiger partial charge < -0.3 is 4.57 Å². The molecule has 2 aromatic heterocycles. The van der Waals surface area contributed by atoms with Crippen molar-refractivity contribution in [3.05, 3.63) is 192 Å². The second-order valence-electron chi connectivity index (χ2n) is 12.2. The van der Waals surface area contributed by atoms with Gasteiger partial charge in [-0.3, -0.25) is 4.98 Å². The van der Waals surface area contributed by atoms with Crippen LogP contribution in [0.1, 0.15) is 22.3 Å². The predicted octanol–water partition coefficient (Wildman–Crippen LogP) is 10.3. The number of imidazole rings is 1. The molecule has 3 heteroatoms. The maximum Gasteiger partial charge on any atom is 0.140 e. The number of aryl methyl sites for hydroxylation is 1. The van der Waals surface area contributed by atoms with E-state index in [1.54, 1.807) is 0 Å². The lowest BCUT2D eigenvalue weighted by Gasteiger charge is -2.34. The summed E-state index contributed by atoms with van der Waals surface area (Å²) in [5, 5.41) is 0. The summed E-state index contributed by atoms with van der Waals surface area (Å²) in [5.41, 5.74) is 14.7. The second-order valence-corrected chi connectivity index (χ2v) is 12.2. The molecule has 0 unspecified atom stereocenters. The van der Waals surface area contributed by atoms with Crippen molar-refractivity contribution in [3.63, 3.8) is 0 Å². The Morgan fingerprint density at radius 2 is 1.13 bits per heavy atom. The van der Waals surface area contributed by atoms with Crippen molar-refractivity contribution in [2.75, 3.05) is 0 Å². The number of aromatic nitrogens is 3. The van der Waals surface area contributed by atoms with Crippen LogP contribution in [-0.4, -0.2) is 14.5 Å². The zero-order valence-corrected chi connectivity index (χ0v) is 26.0. The van der Waals surface area contributed by atoms with E-state index in [0.29, 0.717) is 0 Å². The monoisotopic (exact) mass is 601 g/mol. The van der Waals surface area contributed by atoms with Gasteiger partial charge in [-0.2, -0.15) is 0 Å². The number of pyridine rings is 1. The molecule has 0 saturated carbocycles. The second kappa shape index (κ2) is 10.8. The first-order valence-corrected chi connectivity index (χ1v) is 16.1. The summed E-state index contributed by atoms with van der Waals surface area (Å²) in [6.45, 7) is 0. The highest BCUT2D eigenvalue weighted by atomic mass is 15.1. The van der Waals surface area contributed by atoms with Gasteiger partial charge in [0.2, 0.25) is 0 Å². The Hall–Kier alpha value is -6.06. The summed E-state index contributed by atoms with van der Waals surface area (Å²) >= 11 is 0. The zero-order valence-electron chi connectivity index (χ0n) is 26.0. The Morgan fingerprint density at radius 1 is 0.489 bits per heavy atom. The molecule has 0 saturated heterocycles. The Morgan fingerprint density at radius 3 is 1.83 bits per heavy atom. The molecule has 0 spiro atoms. The van der Waals surface area contributed by atoms with Crippen LogP contribution >= 0.6 is 0 Å². The van der Waals surface area contributed by atoms with Gasteiger partial charge in [-0.25, -0.2) is 4.98 Å². The van der Waals surface area contributed by atoms with Crippen molar-refractivity contribution in [1.82, 2.24) is 14.5 Å². The highest BCUT2D eigenvalue weighted by Crippen LogP contribution is 2.59. The Labute approximate surface area is 274 Å². The van der Waals surface area contributed by atoms with Crippen LogP contribution in [0.25, 0.3) is 55.9 Å². The highest BCUT2D eigenvalue weighted by molar-refractivity contribution is 6.01. The predicted molar refractivity (Wildman–Crippen MR) is 192 cm³/mol. The molecule has 3 nitrogen and oxygen atoms in total. The third-order valence-corrected chi connectivity index (χ3v) is 9.79. The number of benzene rings is 6. The van der Waals surface area contributed by atoms with E-state index < -0.39 is 5.41 Å². The Bertz CT molecular complexity index is 2350. The molecule has 222 valence electrons. The number of hydrogen-bond donors (Lipinski definition) is 0. The lowest BCUT2D eigenvalue weighted by Crippen LogP contribution is -2.28. The lowest BCUT2D eigenvalue weighted by molar-refractivity contribution is 0.768. The quantitative estimate of drug-likeness (QED) is 0.197. The number of hydrogen-bond acceptors (Lipinski definition) is 2. The van der Waals surface area contributed by atoms with Gasteiger partial charge in [0.05, 0.1) is 22.1 Å². The molecular formula is C44H31N3. The molecule has 2 heterocycles. The van der Waals surface area contributed by atoms with E-state index in [2.05, 4.69) is 163 Å². The van der Waals surface area contributed by atoms with Crippen molar-refractivity contribution in [2.24, 2.45) is 7.05 Å². The van der Waals surface area contributed by atoms with E-state index in [9.17, 15) is 0 Å². The van der Waals surface area contributed by atoms with E-state index in [-0.39, 0.29) is 0 Å². The summed E-state index contributed by atoms with van der Waals surface area (Å²) in [5.74, 6) is 0.959. The molecule has 0 N–H and O–H groups in total. The van der Waals surface area contributed by atoms with Crippen molar-refractivity contribution in [1.29, 1.82) is 0 Å². The lowest BCUT2D eigenvalue weighted by atomic mass is 9.67. The number of fused-ring (bicyclic) bond motifs is 4. The third-order valence-electron chi connectivity index (χ3n) is 9.79. The number of rotatable bonds is 5. The van der Waals surface area contributed by atoms with Crippen LogP contribution in [0, 0.1) is 0 Å². The van der Waals surface area contributed by atoms with Crippen LogP contribution in [-0.2, 0) is 12.5 Å². The van der Waals surface area contributed by atoms with Crippen molar-refractivity contribution < 1.29 is 0 Å². The van der Waals surface area contributed by atoms with Crippen LogP contribution < -0.4 is 0 Å². The largest absolute Gasteiger partial charge is 0.327 e. The maximum absolute atomic E-state index is 4.97. The van der Waals surface area contributed by atoms with Gasteiger partial charge >= 0.3 is 0 Å². The van der Waals surface area contributed by atoms with Crippen LogP contribution in [0.2, 0.25) is 0 Å². The summed E-state index contributed by atoms with van der Waals surface area (Å²) < 4.78 is 2.17. The van der Waals surface area contributed by atoms with E-state index in [1.807, 2.05) is 18.3 Å². The molecule has 1 aliphatic carbocycles. The molecule has 0 atom stereocenters. The van der Waals surface area contributed by atoms with Crippen LogP contribution in [0.15, 0.2) is 170 Å². The van der Waals surface area contributed by atoms with Crippen LogP contribution in [0.5, 0.6) is 0 Å². The first kappa shape index (κ1) is 27.3. The van der Waals surface area contributed by atoms with Gasteiger partial charge in [-0.05, 0) is 68.8 Å². The first-order valence-electron chi connectivity index (χ1n) is 16.1. The number of para-hydroxylation sites is 2. The molecule has 1 aliphatic rings. The standard InChI is InChI=1S/C44H31N3/c1-47-40-22-11-10-20-38(40)46-43(47)31-25-23-30(24-26-31)34-27-28-37-41(42(34)39-21-12-13-29-45-39)35-18-8-9-19-36(35)44(37,32-14-4-2-5-15-32)33-16-6-3-7-17-33/h2-29H,1H3. The minimum absolute atomic E-state index is 0.472. The Kier molecular flexibility index (Phi) is 6.26. The summed E-state index contributed by atoms with van der Waals surface area (Å²) in [7, 11) is 2.08. The maximum atomic E-state index is 4.97. The molecule has 8 aromatic rings. The summed E-state index contributed by atoms with van der Waals surface area (Å²) in [6.07, 6.45) is 1.90. The van der Waals surface area contributed by atoms with E-state index >= 15 is 0 Å². The van der Waals surface area contributed by atoms with Crippen molar-refractivity contribution in [3.8, 4) is 44.9 Å².